The number of ether oxygens (including phenoxy) is 4. The summed E-state index contributed by atoms with van der Waals surface area (Å²) in [5.41, 5.74) is 0.107. The number of nitrogens with one attached hydrogen (secondary N) is 1. The van der Waals surface area contributed by atoms with Crippen molar-refractivity contribution in [2.75, 3.05) is 26.1 Å². The van der Waals surface area contributed by atoms with E-state index in [9.17, 15) is 17.2 Å². The van der Waals surface area contributed by atoms with E-state index in [2.05, 4.69) is 39.6 Å². The standard InChI is InChI=1S/C21H25ClF2N8O6S/c1-10(15(35-2)16-25-7-12(22)8-26-16)39(33,34)31-21-30-29-17(11-5-13(6-11)38-20(23)24)32(21)14-18(36-3)27-9-28-19(14)37-4/h7-11,13,15,20H,5-6H2,1-4H3,(H,30,31)/t10-,11?,13?,15-/m0/s1. The number of aromatic nitrogens is 7. The van der Waals surface area contributed by atoms with E-state index in [1.807, 2.05) is 0 Å². The van der Waals surface area contributed by atoms with Gasteiger partial charge >= 0.3 is 6.61 Å². The van der Waals surface area contributed by atoms with Crippen LogP contribution >= 0.6 is 11.6 Å². The number of hydrogen-bond donors (Lipinski definition) is 1. The molecule has 0 aromatic carbocycles. The normalized spacial score (nSPS) is 18.9. The number of hydrogen-bond acceptors (Lipinski definition) is 12. The van der Waals surface area contributed by atoms with Gasteiger partial charge in [0, 0.05) is 25.4 Å². The highest BCUT2D eigenvalue weighted by Gasteiger charge is 2.40. The molecular formula is C21H25ClF2N8O6S. The zero-order valence-corrected chi connectivity index (χ0v) is 22.7. The third-order valence-corrected chi connectivity index (χ3v) is 8.00. The van der Waals surface area contributed by atoms with Crippen molar-refractivity contribution in [3.63, 3.8) is 0 Å². The minimum atomic E-state index is -4.24. The van der Waals surface area contributed by atoms with E-state index < -0.39 is 40.0 Å². The Bertz CT molecular complexity index is 1370. The van der Waals surface area contributed by atoms with E-state index in [1.54, 1.807) is 0 Å². The summed E-state index contributed by atoms with van der Waals surface area (Å²) >= 11 is 5.85. The molecule has 212 valence electrons. The fourth-order valence-electron chi connectivity index (χ4n) is 4.08. The van der Waals surface area contributed by atoms with Crippen LogP contribution in [0, 0.1) is 0 Å². The smallest absolute Gasteiger partial charge is 0.345 e. The molecule has 39 heavy (non-hydrogen) atoms. The van der Waals surface area contributed by atoms with Gasteiger partial charge in [0.15, 0.2) is 11.5 Å². The first kappa shape index (κ1) is 28.7. The molecule has 0 spiro atoms. The van der Waals surface area contributed by atoms with Crippen LogP contribution in [0.25, 0.3) is 5.69 Å². The Hall–Kier alpha value is -3.28. The maximum Gasteiger partial charge on any atom is 0.345 e. The van der Waals surface area contributed by atoms with Crippen molar-refractivity contribution in [1.29, 1.82) is 0 Å². The fourth-order valence-corrected chi connectivity index (χ4v) is 5.31. The number of halogens is 3. The maximum absolute atomic E-state index is 13.5. The fraction of sp³-hybridized carbons (Fsp3) is 0.524. The molecule has 1 saturated carbocycles. The minimum absolute atomic E-state index is 0.0282. The lowest BCUT2D eigenvalue weighted by molar-refractivity contribution is -0.184. The molecule has 0 saturated heterocycles. The lowest BCUT2D eigenvalue weighted by Gasteiger charge is -2.34. The first-order chi connectivity index (χ1) is 18.6. The lowest BCUT2D eigenvalue weighted by atomic mass is 9.81. The van der Waals surface area contributed by atoms with Crippen LogP contribution in [0.1, 0.15) is 43.4 Å². The summed E-state index contributed by atoms with van der Waals surface area (Å²) in [6, 6.07) is 0. The summed E-state index contributed by atoms with van der Waals surface area (Å²) in [6.45, 7) is -1.51. The Balaban J connectivity index is 1.73. The third kappa shape index (κ3) is 6.00. The molecule has 3 heterocycles. The molecule has 0 radical (unpaired) electrons. The van der Waals surface area contributed by atoms with E-state index >= 15 is 0 Å². The van der Waals surface area contributed by atoms with Crippen LogP contribution in [-0.2, 0) is 19.5 Å². The average Bonchev–Trinajstić information content (AvgIpc) is 3.28. The first-order valence-corrected chi connectivity index (χ1v) is 13.4. The molecule has 0 aliphatic heterocycles. The topological polar surface area (TPSA) is 165 Å². The van der Waals surface area contributed by atoms with Crippen LogP contribution in [0.15, 0.2) is 18.7 Å². The molecule has 1 aliphatic rings. The van der Waals surface area contributed by atoms with Gasteiger partial charge in [-0.3, -0.25) is 9.29 Å². The van der Waals surface area contributed by atoms with Crippen molar-refractivity contribution in [1.82, 2.24) is 34.7 Å². The SMILES string of the molecule is COc1ncnc(OC)c1-n1c(NS(=O)(=O)[C@@H](C)[C@H](OC)c2ncc(Cl)cn2)nnc1C1CC(OC(F)F)C1. The highest BCUT2D eigenvalue weighted by atomic mass is 35.5. The van der Waals surface area contributed by atoms with Crippen molar-refractivity contribution in [2.45, 2.75) is 49.8 Å². The molecule has 14 nitrogen and oxygen atoms in total. The zero-order valence-electron chi connectivity index (χ0n) is 21.2. The summed E-state index contributed by atoms with van der Waals surface area (Å²) < 4.78 is 76.8. The molecule has 0 bridgehead atoms. The number of anilines is 1. The molecule has 3 aromatic rings. The molecule has 1 N–H and O–H groups in total. The van der Waals surface area contributed by atoms with Gasteiger partial charge < -0.3 is 18.9 Å². The minimum Gasteiger partial charge on any atom is -0.479 e. The van der Waals surface area contributed by atoms with E-state index in [-0.39, 0.29) is 52.9 Å². The van der Waals surface area contributed by atoms with Gasteiger partial charge in [-0.2, -0.15) is 18.7 Å². The number of alkyl halides is 2. The number of methoxy groups -OCH3 is 3. The number of rotatable bonds is 12. The molecule has 3 aromatic heterocycles. The van der Waals surface area contributed by atoms with Crippen LogP contribution in [0.4, 0.5) is 14.7 Å². The van der Waals surface area contributed by atoms with Crippen LogP contribution in [-0.4, -0.2) is 82.4 Å². The highest BCUT2D eigenvalue weighted by Crippen LogP contribution is 2.42. The van der Waals surface area contributed by atoms with Gasteiger partial charge in [0.05, 0.1) is 25.3 Å². The monoisotopic (exact) mass is 590 g/mol. The van der Waals surface area contributed by atoms with Crippen molar-refractivity contribution in [3.8, 4) is 17.4 Å². The van der Waals surface area contributed by atoms with E-state index in [0.717, 1.165) is 0 Å². The van der Waals surface area contributed by atoms with Gasteiger partial charge in [-0.15, -0.1) is 10.2 Å². The van der Waals surface area contributed by atoms with Gasteiger partial charge in [0.1, 0.15) is 23.5 Å². The molecule has 2 atom stereocenters. The molecular weight excluding hydrogens is 566 g/mol. The average molecular weight is 591 g/mol. The van der Waals surface area contributed by atoms with Crippen molar-refractivity contribution in [2.24, 2.45) is 0 Å². The lowest BCUT2D eigenvalue weighted by Crippen LogP contribution is -2.34. The van der Waals surface area contributed by atoms with Crippen LogP contribution < -0.4 is 14.2 Å². The van der Waals surface area contributed by atoms with Gasteiger partial charge in [-0.25, -0.2) is 18.4 Å². The predicted molar refractivity (Wildman–Crippen MR) is 132 cm³/mol. The molecule has 0 unspecified atom stereocenters. The zero-order chi connectivity index (χ0) is 28.3. The summed E-state index contributed by atoms with van der Waals surface area (Å²) in [7, 11) is -0.211. The molecule has 0 amide bonds. The molecule has 18 heteroatoms. The second kappa shape index (κ2) is 11.8. The van der Waals surface area contributed by atoms with Gasteiger partial charge in [0.2, 0.25) is 27.7 Å². The highest BCUT2D eigenvalue weighted by molar-refractivity contribution is 7.93. The van der Waals surface area contributed by atoms with Gasteiger partial charge in [-0.1, -0.05) is 11.6 Å². The number of nitrogens with zero attached hydrogens (tertiary/aromatic N) is 7. The largest absolute Gasteiger partial charge is 0.479 e. The quantitative estimate of drug-likeness (QED) is 0.328. The molecule has 4 rings (SSSR count). The van der Waals surface area contributed by atoms with Gasteiger partial charge in [0.25, 0.3) is 0 Å². The van der Waals surface area contributed by atoms with E-state index in [0.29, 0.717) is 0 Å². The van der Waals surface area contributed by atoms with Gasteiger partial charge in [-0.05, 0) is 19.8 Å². The van der Waals surface area contributed by atoms with Crippen LogP contribution in [0.2, 0.25) is 5.02 Å². The van der Waals surface area contributed by atoms with Crippen LogP contribution in [0.3, 0.4) is 0 Å². The van der Waals surface area contributed by atoms with E-state index in [1.165, 1.54) is 51.5 Å². The first-order valence-electron chi connectivity index (χ1n) is 11.4. The number of sulfonamides is 1. The van der Waals surface area contributed by atoms with Crippen molar-refractivity contribution >= 4 is 27.6 Å². The Morgan fingerprint density at radius 3 is 2.21 bits per heavy atom. The Labute approximate surface area is 227 Å². The second-order valence-electron chi connectivity index (χ2n) is 8.41. The van der Waals surface area contributed by atoms with Crippen LogP contribution in [0.5, 0.6) is 11.8 Å². The molecule has 1 fully saturated rings. The van der Waals surface area contributed by atoms with E-state index in [4.69, 9.17) is 25.8 Å². The summed E-state index contributed by atoms with van der Waals surface area (Å²) in [5, 5.41) is 7.26. The molecule has 1 aliphatic carbocycles. The van der Waals surface area contributed by atoms with Crippen molar-refractivity contribution < 1.29 is 36.1 Å². The van der Waals surface area contributed by atoms with Crippen molar-refractivity contribution in [3.05, 3.63) is 35.4 Å². The summed E-state index contributed by atoms with van der Waals surface area (Å²) in [5.74, 6) is -0.249. The second-order valence-corrected chi connectivity index (χ2v) is 10.9. The Kier molecular flexibility index (Phi) is 8.73. The summed E-state index contributed by atoms with van der Waals surface area (Å²) in [6.07, 6.45) is 2.47. The summed E-state index contributed by atoms with van der Waals surface area (Å²) in [4.78, 5) is 16.3. The third-order valence-electron chi connectivity index (χ3n) is 6.11. The maximum atomic E-state index is 13.5. The predicted octanol–water partition coefficient (Wildman–Crippen LogP) is 2.52. The Morgan fingerprint density at radius 2 is 1.67 bits per heavy atom. The Morgan fingerprint density at radius 1 is 1.05 bits per heavy atom.